The first kappa shape index (κ1) is 16.8. The van der Waals surface area contributed by atoms with Crippen molar-refractivity contribution in [3.05, 3.63) is 84.4 Å². The van der Waals surface area contributed by atoms with Crippen molar-refractivity contribution in [1.29, 1.82) is 0 Å². The number of carboxylic acid groups (broad SMARTS) is 1. The van der Waals surface area contributed by atoms with Gasteiger partial charge in [0.05, 0.1) is 23.9 Å². The number of carboxylic acids is 1. The first-order valence-corrected chi connectivity index (χ1v) is 8.54. The number of rotatable bonds is 4. The Kier molecular flexibility index (Phi) is 4.30. The van der Waals surface area contributed by atoms with E-state index in [9.17, 15) is 9.90 Å². The molecule has 1 N–H and O–H groups in total. The standard InChI is InChI=1S/C23H17NO3/c1-27-22-9-5-3-6-17(22)15-10-12-16(13-11-15)21-14-19(23(25)26)18-7-2-4-8-20(18)24-21/h2-14H,1H3,(H,25,26). The number of aromatic carboxylic acids is 1. The Hall–Kier alpha value is -3.66. The summed E-state index contributed by atoms with van der Waals surface area (Å²) in [5.41, 5.74) is 4.45. The maximum atomic E-state index is 11.7. The van der Waals surface area contributed by atoms with Crippen molar-refractivity contribution in [2.24, 2.45) is 0 Å². The van der Waals surface area contributed by atoms with Crippen LogP contribution < -0.4 is 4.74 Å². The first-order chi connectivity index (χ1) is 13.2. The largest absolute Gasteiger partial charge is 0.496 e. The molecular formula is C23H17NO3. The van der Waals surface area contributed by atoms with Crippen LogP contribution in [0.1, 0.15) is 10.4 Å². The molecule has 4 nitrogen and oxygen atoms in total. The maximum Gasteiger partial charge on any atom is 0.336 e. The average Bonchev–Trinajstić information content (AvgIpc) is 2.73. The predicted molar refractivity (Wildman–Crippen MR) is 106 cm³/mol. The Morgan fingerprint density at radius 2 is 1.56 bits per heavy atom. The molecule has 0 fully saturated rings. The van der Waals surface area contributed by atoms with E-state index < -0.39 is 5.97 Å². The van der Waals surface area contributed by atoms with Crippen LogP contribution in [0.5, 0.6) is 5.75 Å². The zero-order valence-corrected chi connectivity index (χ0v) is 14.7. The lowest BCUT2D eigenvalue weighted by Crippen LogP contribution is -2.00. The van der Waals surface area contributed by atoms with Gasteiger partial charge in [-0.15, -0.1) is 0 Å². The number of methoxy groups -OCH3 is 1. The highest BCUT2D eigenvalue weighted by atomic mass is 16.5. The third-order valence-electron chi connectivity index (χ3n) is 4.55. The molecule has 0 atom stereocenters. The van der Waals surface area contributed by atoms with E-state index in [1.807, 2.05) is 66.7 Å². The van der Waals surface area contributed by atoms with Gasteiger partial charge in [-0.2, -0.15) is 0 Å². The molecule has 1 heterocycles. The number of hydrogen-bond acceptors (Lipinski definition) is 3. The summed E-state index contributed by atoms with van der Waals surface area (Å²) in [4.78, 5) is 16.3. The summed E-state index contributed by atoms with van der Waals surface area (Å²) in [7, 11) is 1.65. The highest BCUT2D eigenvalue weighted by Gasteiger charge is 2.13. The first-order valence-electron chi connectivity index (χ1n) is 8.54. The Labute approximate surface area is 156 Å². The van der Waals surface area contributed by atoms with Crippen LogP contribution in [0, 0.1) is 0 Å². The number of hydrogen-bond donors (Lipinski definition) is 1. The van der Waals surface area contributed by atoms with Gasteiger partial charge in [-0.25, -0.2) is 9.78 Å². The minimum atomic E-state index is -0.958. The summed E-state index contributed by atoms with van der Waals surface area (Å²) in [5.74, 6) is -0.150. The summed E-state index contributed by atoms with van der Waals surface area (Å²) >= 11 is 0. The van der Waals surface area contributed by atoms with Gasteiger partial charge >= 0.3 is 5.97 Å². The molecule has 0 saturated heterocycles. The van der Waals surface area contributed by atoms with Crippen LogP contribution in [0.25, 0.3) is 33.3 Å². The van der Waals surface area contributed by atoms with Gasteiger partial charge in [0, 0.05) is 16.5 Å². The Balaban J connectivity index is 1.79. The van der Waals surface area contributed by atoms with Gasteiger partial charge in [-0.05, 0) is 23.8 Å². The fourth-order valence-electron chi connectivity index (χ4n) is 3.20. The molecule has 4 rings (SSSR count). The molecule has 0 spiro atoms. The van der Waals surface area contributed by atoms with Crippen molar-refractivity contribution < 1.29 is 14.6 Å². The predicted octanol–water partition coefficient (Wildman–Crippen LogP) is 5.28. The number of pyridine rings is 1. The highest BCUT2D eigenvalue weighted by molar-refractivity contribution is 6.03. The molecule has 4 heteroatoms. The van der Waals surface area contributed by atoms with Crippen LogP contribution in [0.15, 0.2) is 78.9 Å². The summed E-state index contributed by atoms with van der Waals surface area (Å²) in [6.45, 7) is 0. The van der Waals surface area contributed by atoms with Crippen LogP contribution in [0.3, 0.4) is 0 Å². The molecule has 0 amide bonds. The van der Waals surface area contributed by atoms with Crippen molar-refractivity contribution in [2.45, 2.75) is 0 Å². The lowest BCUT2D eigenvalue weighted by molar-refractivity contribution is 0.0699. The molecule has 0 saturated carbocycles. The Morgan fingerprint density at radius 3 is 2.30 bits per heavy atom. The molecule has 0 aliphatic heterocycles. The van der Waals surface area contributed by atoms with Gasteiger partial charge in [0.15, 0.2) is 0 Å². The topological polar surface area (TPSA) is 59.4 Å². The number of ether oxygens (including phenoxy) is 1. The molecule has 0 unspecified atom stereocenters. The molecule has 4 aromatic rings. The van der Waals surface area contributed by atoms with E-state index in [1.165, 1.54) is 0 Å². The van der Waals surface area contributed by atoms with Crippen LogP contribution in [-0.2, 0) is 0 Å². The van der Waals surface area contributed by atoms with Gasteiger partial charge < -0.3 is 9.84 Å². The van der Waals surface area contributed by atoms with E-state index >= 15 is 0 Å². The molecule has 0 aliphatic rings. The monoisotopic (exact) mass is 355 g/mol. The minimum absolute atomic E-state index is 0.254. The summed E-state index contributed by atoms with van der Waals surface area (Å²) in [6, 6.07) is 24.6. The Bertz CT molecular complexity index is 1130. The third kappa shape index (κ3) is 3.13. The van der Waals surface area contributed by atoms with Crippen molar-refractivity contribution in [1.82, 2.24) is 4.98 Å². The van der Waals surface area contributed by atoms with E-state index in [2.05, 4.69) is 4.98 Å². The van der Waals surface area contributed by atoms with Crippen LogP contribution in [-0.4, -0.2) is 23.2 Å². The van der Waals surface area contributed by atoms with E-state index in [4.69, 9.17) is 4.74 Å². The SMILES string of the molecule is COc1ccccc1-c1ccc(-c2cc(C(=O)O)c3ccccc3n2)cc1. The zero-order chi connectivity index (χ0) is 18.8. The van der Waals surface area contributed by atoms with Gasteiger partial charge in [0.25, 0.3) is 0 Å². The maximum absolute atomic E-state index is 11.7. The van der Waals surface area contributed by atoms with Gasteiger partial charge in [-0.3, -0.25) is 0 Å². The lowest BCUT2D eigenvalue weighted by Gasteiger charge is -2.10. The molecule has 27 heavy (non-hydrogen) atoms. The van der Waals surface area contributed by atoms with Crippen molar-refractivity contribution >= 4 is 16.9 Å². The number of benzene rings is 3. The van der Waals surface area contributed by atoms with Crippen LogP contribution >= 0.6 is 0 Å². The molecule has 3 aromatic carbocycles. The number of para-hydroxylation sites is 2. The molecule has 0 bridgehead atoms. The molecule has 0 radical (unpaired) electrons. The molecule has 1 aromatic heterocycles. The normalized spacial score (nSPS) is 10.7. The number of aromatic nitrogens is 1. The smallest absolute Gasteiger partial charge is 0.336 e. The minimum Gasteiger partial charge on any atom is -0.496 e. The number of nitrogens with zero attached hydrogens (tertiary/aromatic N) is 1. The third-order valence-corrected chi connectivity index (χ3v) is 4.55. The quantitative estimate of drug-likeness (QED) is 0.541. The molecule has 0 aliphatic carbocycles. The van der Waals surface area contributed by atoms with Gasteiger partial charge in [0.1, 0.15) is 5.75 Å². The van der Waals surface area contributed by atoms with Crippen molar-refractivity contribution in [2.75, 3.05) is 7.11 Å². The van der Waals surface area contributed by atoms with Gasteiger partial charge in [0.2, 0.25) is 0 Å². The Morgan fingerprint density at radius 1 is 0.889 bits per heavy atom. The molecular weight excluding hydrogens is 338 g/mol. The second-order valence-corrected chi connectivity index (χ2v) is 6.15. The average molecular weight is 355 g/mol. The van der Waals surface area contributed by atoms with Crippen molar-refractivity contribution in [3.63, 3.8) is 0 Å². The summed E-state index contributed by atoms with van der Waals surface area (Å²) in [5, 5.41) is 10.2. The fraction of sp³-hybridized carbons (Fsp3) is 0.0435. The van der Waals surface area contributed by atoms with Crippen LogP contribution in [0.2, 0.25) is 0 Å². The lowest BCUT2D eigenvalue weighted by atomic mass is 10.00. The second-order valence-electron chi connectivity index (χ2n) is 6.15. The van der Waals surface area contributed by atoms with E-state index in [-0.39, 0.29) is 5.56 Å². The zero-order valence-electron chi connectivity index (χ0n) is 14.7. The second kappa shape index (κ2) is 6.92. The fourth-order valence-corrected chi connectivity index (χ4v) is 3.20. The van der Waals surface area contributed by atoms with E-state index in [0.717, 1.165) is 22.4 Å². The highest BCUT2D eigenvalue weighted by Crippen LogP contribution is 2.31. The van der Waals surface area contributed by atoms with E-state index in [0.29, 0.717) is 16.6 Å². The van der Waals surface area contributed by atoms with Crippen LogP contribution in [0.4, 0.5) is 0 Å². The van der Waals surface area contributed by atoms with E-state index in [1.54, 1.807) is 19.2 Å². The van der Waals surface area contributed by atoms with Gasteiger partial charge in [-0.1, -0.05) is 60.7 Å². The summed E-state index contributed by atoms with van der Waals surface area (Å²) in [6.07, 6.45) is 0. The number of fused-ring (bicyclic) bond motifs is 1. The summed E-state index contributed by atoms with van der Waals surface area (Å²) < 4.78 is 5.43. The van der Waals surface area contributed by atoms with Crippen molar-refractivity contribution in [3.8, 4) is 28.1 Å². The molecule has 132 valence electrons. The number of carbonyl (C=O) groups is 1.